The first-order chi connectivity index (χ1) is 13.2. The molecule has 3 rings (SSSR count). The molecule has 152 valence electrons. The standard InChI is InChI=1S/C20H25N3O4.HI/c1-21-20(23-15-8-9-16(24-2)18(12-15)25-3)22-13-14-6-4-7-17-19(14)27-11-5-10-26-17;/h4,6-9,12H,5,10-11,13H2,1-3H3,(H2,21,22,23);1H. The monoisotopic (exact) mass is 499 g/mol. The van der Waals surface area contributed by atoms with Crippen LogP contribution < -0.4 is 29.6 Å². The molecule has 2 aromatic rings. The van der Waals surface area contributed by atoms with Gasteiger partial charge in [0.15, 0.2) is 29.0 Å². The highest BCUT2D eigenvalue weighted by molar-refractivity contribution is 14.0. The molecule has 0 unspecified atom stereocenters. The fourth-order valence-corrected chi connectivity index (χ4v) is 2.80. The van der Waals surface area contributed by atoms with E-state index in [9.17, 15) is 0 Å². The van der Waals surface area contributed by atoms with E-state index in [1.165, 1.54) is 0 Å². The number of nitrogens with zero attached hydrogens (tertiary/aromatic N) is 1. The van der Waals surface area contributed by atoms with E-state index in [0.717, 1.165) is 29.2 Å². The number of benzene rings is 2. The zero-order valence-electron chi connectivity index (χ0n) is 16.3. The van der Waals surface area contributed by atoms with Gasteiger partial charge in [-0.1, -0.05) is 12.1 Å². The summed E-state index contributed by atoms with van der Waals surface area (Å²) in [7, 11) is 4.94. The first-order valence-corrected chi connectivity index (χ1v) is 8.82. The lowest BCUT2D eigenvalue weighted by molar-refractivity contribution is 0.296. The Morgan fingerprint density at radius 1 is 1.07 bits per heavy atom. The summed E-state index contributed by atoms with van der Waals surface area (Å²) in [6, 6.07) is 11.5. The Bertz CT molecular complexity index is 814. The molecule has 2 N–H and O–H groups in total. The Morgan fingerprint density at radius 2 is 1.86 bits per heavy atom. The third-order valence-electron chi connectivity index (χ3n) is 4.17. The predicted molar refractivity (Wildman–Crippen MR) is 121 cm³/mol. The van der Waals surface area contributed by atoms with Crippen LogP contribution in [0.3, 0.4) is 0 Å². The number of methoxy groups -OCH3 is 2. The maximum absolute atomic E-state index is 5.86. The van der Waals surface area contributed by atoms with Crippen molar-refractivity contribution < 1.29 is 18.9 Å². The second-order valence-electron chi connectivity index (χ2n) is 5.92. The fourth-order valence-electron chi connectivity index (χ4n) is 2.80. The Kier molecular flexibility index (Phi) is 8.49. The van der Waals surface area contributed by atoms with Crippen molar-refractivity contribution in [1.29, 1.82) is 0 Å². The molecule has 0 spiro atoms. The van der Waals surface area contributed by atoms with Crippen LogP contribution in [0.15, 0.2) is 41.4 Å². The summed E-state index contributed by atoms with van der Waals surface area (Å²) in [6.07, 6.45) is 0.879. The van der Waals surface area contributed by atoms with Crippen LogP contribution in [0.25, 0.3) is 0 Å². The summed E-state index contributed by atoms with van der Waals surface area (Å²) >= 11 is 0. The third-order valence-corrected chi connectivity index (χ3v) is 4.17. The van der Waals surface area contributed by atoms with Crippen LogP contribution >= 0.6 is 24.0 Å². The average molecular weight is 499 g/mol. The van der Waals surface area contributed by atoms with E-state index < -0.39 is 0 Å². The maximum atomic E-state index is 5.86. The largest absolute Gasteiger partial charge is 0.493 e. The summed E-state index contributed by atoms with van der Waals surface area (Å²) in [5.41, 5.74) is 1.86. The number of anilines is 1. The molecule has 0 aromatic heterocycles. The number of fused-ring (bicyclic) bond motifs is 1. The normalized spacial score (nSPS) is 13.0. The maximum Gasteiger partial charge on any atom is 0.195 e. The molecule has 0 amide bonds. The molecule has 1 aliphatic rings. The minimum absolute atomic E-state index is 0. The van der Waals surface area contributed by atoms with E-state index in [0.29, 0.717) is 37.2 Å². The van der Waals surface area contributed by atoms with Crippen molar-refractivity contribution in [3.8, 4) is 23.0 Å². The summed E-state index contributed by atoms with van der Waals surface area (Å²) < 4.78 is 22.2. The van der Waals surface area contributed by atoms with E-state index in [-0.39, 0.29) is 24.0 Å². The number of halogens is 1. The number of ether oxygens (including phenoxy) is 4. The lowest BCUT2D eigenvalue weighted by Crippen LogP contribution is -2.30. The van der Waals surface area contributed by atoms with Crippen molar-refractivity contribution >= 4 is 35.6 Å². The van der Waals surface area contributed by atoms with Gasteiger partial charge in [0, 0.05) is 37.3 Å². The van der Waals surface area contributed by atoms with Crippen molar-refractivity contribution in [2.24, 2.45) is 4.99 Å². The van der Waals surface area contributed by atoms with Gasteiger partial charge in [-0.3, -0.25) is 4.99 Å². The third kappa shape index (κ3) is 5.34. The van der Waals surface area contributed by atoms with Crippen molar-refractivity contribution in [2.45, 2.75) is 13.0 Å². The van der Waals surface area contributed by atoms with Crippen LogP contribution in [0.1, 0.15) is 12.0 Å². The quantitative estimate of drug-likeness (QED) is 0.372. The number of guanidine groups is 1. The summed E-state index contributed by atoms with van der Waals surface area (Å²) in [6.45, 7) is 1.88. The van der Waals surface area contributed by atoms with Gasteiger partial charge in [-0.05, 0) is 18.2 Å². The highest BCUT2D eigenvalue weighted by atomic mass is 127. The van der Waals surface area contributed by atoms with Gasteiger partial charge < -0.3 is 29.6 Å². The number of rotatable bonds is 5. The lowest BCUT2D eigenvalue weighted by atomic mass is 10.2. The Balaban J connectivity index is 0.00000280. The summed E-state index contributed by atoms with van der Waals surface area (Å²) in [5.74, 6) is 3.54. The summed E-state index contributed by atoms with van der Waals surface area (Å²) in [5, 5.41) is 6.55. The molecular weight excluding hydrogens is 473 g/mol. The van der Waals surface area contributed by atoms with Crippen LogP contribution in [0.5, 0.6) is 23.0 Å². The second kappa shape index (κ2) is 10.8. The van der Waals surface area contributed by atoms with Crippen molar-refractivity contribution in [2.75, 3.05) is 39.8 Å². The average Bonchev–Trinajstić information content (AvgIpc) is 2.96. The van der Waals surface area contributed by atoms with Crippen molar-refractivity contribution in [1.82, 2.24) is 5.32 Å². The molecule has 0 atom stereocenters. The molecule has 0 fully saturated rings. The number of hydrogen-bond donors (Lipinski definition) is 2. The predicted octanol–water partition coefficient (Wildman–Crippen LogP) is 3.67. The van der Waals surface area contributed by atoms with Crippen LogP contribution in [0.4, 0.5) is 5.69 Å². The number of nitrogens with one attached hydrogen (secondary N) is 2. The molecule has 0 radical (unpaired) electrons. The van der Waals surface area contributed by atoms with Gasteiger partial charge in [0.25, 0.3) is 0 Å². The van der Waals surface area contributed by atoms with E-state index in [4.69, 9.17) is 18.9 Å². The van der Waals surface area contributed by atoms with Crippen molar-refractivity contribution in [3.63, 3.8) is 0 Å². The van der Waals surface area contributed by atoms with Gasteiger partial charge in [0.2, 0.25) is 0 Å². The molecule has 7 nitrogen and oxygen atoms in total. The van der Waals surface area contributed by atoms with Gasteiger partial charge >= 0.3 is 0 Å². The van der Waals surface area contributed by atoms with Gasteiger partial charge in [0.1, 0.15) is 0 Å². The highest BCUT2D eigenvalue weighted by Crippen LogP contribution is 2.33. The molecule has 1 aliphatic heterocycles. The van der Waals surface area contributed by atoms with Gasteiger partial charge in [-0.25, -0.2) is 0 Å². The second-order valence-corrected chi connectivity index (χ2v) is 5.92. The first kappa shape index (κ1) is 21.9. The minimum atomic E-state index is 0. The van der Waals surface area contributed by atoms with Crippen molar-refractivity contribution in [3.05, 3.63) is 42.0 Å². The molecule has 28 heavy (non-hydrogen) atoms. The minimum Gasteiger partial charge on any atom is -0.493 e. The molecule has 0 saturated carbocycles. The smallest absolute Gasteiger partial charge is 0.195 e. The molecule has 0 saturated heterocycles. The molecular formula is C20H26IN3O4. The lowest BCUT2D eigenvalue weighted by Gasteiger charge is -2.16. The molecule has 2 aromatic carbocycles. The van der Waals surface area contributed by atoms with Crippen LogP contribution in [0.2, 0.25) is 0 Å². The fraction of sp³-hybridized carbons (Fsp3) is 0.350. The molecule has 1 heterocycles. The van der Waals surface area contributed by atoms with Crippen LogP contribution in [-0.4, -0.2) is 40.4 Å². The Hall–Kier alpha value is -2.36. The van der Waals surface area contributed by atoms with Crippen LogP contribution in [-0.2, 0) is 6.54 Å². The van der Waals surface area contributed by atoms with E-state index in [1.807, 2.05) is 36.4 Å². The topological polar surface area (TPSA) is 73.3 Å². The van der Waals surface area contributed by atoms with Gasteiger partial charge in [0.05, 0.1) is 27.4 Å². The van der Waals surface area contributed by atoms with Gasteiger partial charge in [-0.15, -0.1) is 24.0 Å². The zero-order chi connectivity index (χ0) is 19.1. The van der Waals surface area contributed by atoms with Crippen LogP contribution in [0, 0.1) is 0 Å². The number of para-hydroxylation sites is 1. The Morgan fingerprint density at radius 3 is 2.61 bits per heavy atom. The Labute approximate surface area is 182 Å². The van der Waals surface area contributed by atoms with E-state index in [2.05, 4.69) is 15.6 Å². The molecule has 8 heteroatoms. The molecule has 0 aliphatic carbocycles. The van der Waals surface area contributed by atoms with E-state index in [1.54, 1.807) is 21.3 Å². The number of hydrogen-bond acceptors (Lipinski definition) is 5. The first-order valence-electron chi connectivity index (χ1n) is 8.82. The van der Waals surface area contributed by atoms with E-state index >= 15 is 0 Å². The zero-order valence-corrected chi connectivity index (χ0v) is 18.6. The van der Waals surface area contributed by atoms with Gasteiger partial charge in [-0.2, -0.15) is 0 Å². The summed E-state index contributed by atoms with van der Waals surface area (Å²) in [4.78, 5) is 4.28. The molecule has 0 bridgehead atoms. The number of aliphatic imine (C=N–C) groups is 1. The SMILES string of the molecule is CN=C(NCc1cccc2c1OCCCO2)Nc1ccc(OC)c(OC)c1.I. The highest BCUT2D eigenvalue weighted by Gasteiger charge is 2.14.